The van der Waals surface area contributed by atoms with Crippen LogP contribution in [0.25, 0.3) is 0 Å². The summed E-state index contributed by atoms with van der Waals surface area (Å²) >= 11 is 0. The van der Waals surface area contributed by atoms with Crippen molar-refractivity contribution in [2.45, 2.75) is 0 Å². The lowest BCUT2D eigenvalue weighted by Gasteiger charge is -2.06. The standard InChI is InChI=1S/C11H13NO/c1-12(9-10-13)8-7-11-5-3-2-4-6-11/h2-6,13H,9-10H2,1H3. The van der Waals surface area contributed by atoms with Gasteiger partial charge >= 0.3 is 0 Å². The predicted molar refractivity (Wildman–Crippen MR) is 53.0 cm³/mol. The second-order valence-corrected chi connectivity index (χ2v) is 2.75. The van der Waals surface area contributed by atoms with Gasteiger partial charge in [0, 0.05) is 25.2 Å². The molecule has 2 nitrogen and oxygen atoms in total. The number of likely N-dealkylation sites (N-methyl/N-ethyl adjacent to an activating group) is 1. The molecule has 1 N–H and O–H groups in total. The van der Waals surface area contributed by atoms with Crippen molar-refractivity contribution in [3.8, 4) is 12.0 Å². The van der Waals surface area contributed by atoms with Crippen LogP contribution in [0.2, 0.25) is 0 Å². The maximum Gasteiger partial charge on any atom is 0.0613 e. The average Bonchev–Trinajstić information content (AvgIpc) is 2.17. The van der Waals surface area contributed by atoms with Gasteiger partial charge in [-0.1, -0.05) is 18.2 Å². The third kappa shape index (κ3) is 3.64. The Bertz CT molecular complexity index is 297. The molecule has 0 radical (unpaired) electrons. The van der Waals surface area contributed by atoms with Crippen LogP contribution in [0.3, 0.4) is 0 Å². The van der Waals surface area contributed by atoms with Gasteiger partial charge in [-0.2, -0.15) is 0 Å². The zero-order valence-electron chi connectivity index (χ0n) is 7.70. The van der Waals surface area contributed by atoms with Crippen LogP contribution in [0.15, 0.2) is 30.3 Å². The first-order chi connectivity index (χ1) is 6.33. The molecule has 0 saturated carbocycles. The summed E-state index contributed by atoms with van der Waals surface area (Å²) in [6.07, 6.45) is 0. The lowest BCUT2D eigenvalue weighted by molar-refractivity contribution is 0.259. The van der Waals surface area contributed by atoms with Gasteiger partial charge in [0.1, 0.15) is 0 Å². The van der Waals surface area contributed by atoms with E-state index in [2.05, 4.69) is 12.0 Å². The number of rotatable bonds is 2. The molecule has 0 aromatic heterocycles. The first-order valence-electron chi connectivity index (χ1n) is 4.21. The lowest BCUT2D eigenvalue weighted by atomic mass is 10.2. The van der Waals surface area contributed by atoms with Crippen molar-refractivity contribution in [1.82, 2.24) is 4.90 Å². The highest BCUT2D eigenvalue weighted by Gasteiger charge is 1.87. The van der Waals surface area contributed by atoms with Gasteiger partial charge < -0.3 is 10.0 Å². The van der Waals surface area contributed by atoms with E-state index in [0.29, 0.717) is 6.54 Å². The molecule has 0 aliphatic heterocycles. The van der Waals surface area contributed by atoms with Gasteiger partial charge in [-0.3, -0.25) is 0 Å². The summed E-state index contributed by atoms with van der Waals surface area (Å²) in [5.41, 5.74) is 0.993. The van der Waals surface area contributed by atoms with E-state index in [0.717, 1.165) is 5.56 Å². The highest BCUT2D eigenvalue weighted by atomic mass is 16.3. The molecule has 68 valence electrons. The number of hydrogen-bond acceptors (Lipinski definition) is 2. The van der Waals surface area contributed by atoms with Crippen LogP contribution in [0.1, 0.15) is 5.56 Å². The molecule has 13 heavy (non-hydrogen) atoms. The van der Waals surface area contributed by atoms with Crippen LogP contribution < -0.4 is 0 Å². The SMILES string of the molecule is CN(C#Cc1ccccc1)CCO. The molecule has 0 saturated heterocycles. The van der Waals surface area contributed by atoms with E-state index in [1.54, 1.807) is 4.90 Å². The van der Waals surface area contributed by atoms with E-state index in [9.17, 15) is 0 Å². The Balaban J connectivity index is 2.57. The first kappa shape index (κ1) is 9.63. The maximum absolute atomic E-state index is 8.62. The maximum atomic E-state index is 8.62. The molecule has 1 aromatic carbocycles. The minimum atomic E-state index is 0.139. The molecular weight excluding hydrogens is 162 g/mol. The quantitative estimate of drug-likeness (QED) is 0.533. The van der Waals surface area contributed by atoms with Gasteiger partial charge in [0.15, 0.2) is 0 Å². The molecule has 2 heteroatoms. The molecule has 0 heterocycles. The Morgan fingerprint density at radius 3 is 2.62 bits per heavy atom. The van der Waals surface area contributed by atoms with E-state index in [1.165, 1.54) is 0 Å². The van der Waals surface area contributed by atoms with Crippen molar-refractivity contribution < 1.29 is 5.11 Å². The van der Waals surface area contributed by atoms with Gasteiger partial charge in [-0.15, -0.1) is 0 Å². The Morgan fingerprint density at radius 2 is 2.00 bits per heavy atom. The monoisotopic (exact) mass is 175 g/mol. The summed E-state index contributed by atoms with van der Waals surface area (Å²) in [6.45, 7) is 0.722. The third-order valence-corrected chi connectivity index (χ3v) is 1.60. The molecule has 0 atom stereocenters. The Hall–Kier alpha value is -1.46. The van der Waals surface area contributed by atoms with Crippen LogP contribution >= 0.6 is 0 Å². The first-order valence-corrected chi connectivity index (χ1v) is 4.21. The average molecular weight is 175 g/mol. The predicted octanol–water partition coefficient (Wildman–Crippen LogP) is 0.920. The molecule has 0 fully saturated rings. The van der Waals surface area contributed by atoms with Gasteiger partial charge in [-0.25, -0.2) is 0 Å². The highest BCUT2D eigenvalue weighted by molar-refractivity contribution is 5.33. The number of nitrogens with zero attached hydrogens (tertiary/aromatic N) is 1. The molecule has 0 amide bonds. The smallest absolute Gasteiger partial charge is 0.0613 e. The van der Waals surface area contributed by atoms with E-state index < -0.39 is 0 Å². The van der Waals surface area contributed by atoms with Crippen molar-refractivity contribution in [2.75, 3.05) is 20.2 Å². The number of aliphatic hydroxyl groups is 1. The number of benzene rings is 1. The summed E-state index contributed by atoms with van der Waals surface area (Å²) < 4.78 is 0. The molecule has 1 aromatic rings. The fraction of sp³-hybridized carbons (Fsp3) is 0.273. The Kier molecular flexibility index (Phi) is 3.87. The van der Waals surface area contributed by atoms with Crippen LogP contribution in [0.5, 0.6) is 0 Å². The van der Waals surface area contributed by atoms with Crippen molar-refractivity contribution in [3.05, 3.63) is 35.9 Å². The molecular formula is C11H13NO. The van der Waals surface area contributed by atoms with Crippen LogP contribution in [-0.2, 0) is 0 Å². The fourth-order valence-corrected chi connectivity index (χ4v) is 0.887. The van der Waals surface area contributed by atoms with E-state index in [-0.39, 0.29) is 6.61 Å². The van der Waals surface area contributed by atoms with Crippen molar-refractivity contribution >= 4 is 0 Å². The fourth-order valence-electron chi connectivity index (χ4n) is 0.887. The van der Waals surface area contributed by atoms with Gasteiger partial charge in [0.05, 0.1) is 6.61 Å². The summed E-state index contributed by atoms with van der Waals surface area (Å²) in [5, 5.41) is 8.62. The summed E-state index contributed by atoms with van der Waals surface area (Å²) in [6, 6.07) is 12.7. The molecule has 0 aliphatic rings. The molecule has 0 unspecified atom stereocenters. The topological polar surface area (TPSA) is 23.5 Å². The number of hydrogen-bond donors (Lipinski definition) is 1. The molecule has 0 spiro atoms. The second kappa shape index (κ2) is 5.23. The van der Waals surface area contributed by atoms with Crippen LogP contribution in [0.4, 0.5) is 0 Å². The van der Waals surface area contributed by atoms with Crippen LogP contribution in [-0.4, -0.2) is 30.2 Å². The zero-order chi connectivity index (χ0) is 9.52. The molecule has 0 aliphatic carbocycles. The highest BCUT2D eigenvalue weighted by Crippen LogP contribution is 1.94. The molecule has 1 rings (SSSR count). The normalized spacial score (nSPS) is 8.77. The third-order valence-electron chi connectivity index (χ3n) is 1.60. The van der Waals surface area contributed by atoms with Gasteiger partial charge in [0.2, 0.25) is 0 Å². The van der Waals surface area contributed by atoms with Crippen molar-refractivity contribution in [2.24, 2.45) is 0 Å². The van der Waals surface area contributed by atoms with E-state index >= 15 is 0 Å². The van der Waals surface area contributed by atoms with Crippen molar-refractivity contribution in [3.63, 3.8) is 0 Å². The summed E-state index contributed by atoms with van der Waals surface area (Å²) in [4.78, 5) is 1.77. The van der Waals surface area contributed by atoms with E-state index in [1.807, 2.05) is 37.4 Å². The minimum absolute atomic E-state index is 0.139. The van der Waals surface area contributed by atoms with E-state index in [4.69, 9.17) is 5.11 Å². The summed E-state index contributed by atoms with van der Waals surface area (Å²) in [5.74, 6) is 2.99. The largest absolute Gasteiger partial charge is 0.395 e. The van der Waals surface area contributed by atoms with Crippen molar-refractivity contribution in [1.29, 1.82) is 0 Å². The lowest BCUT2D eigenvalue weighted by Crippen LogP contribution is -2.15. The zero-order valence-corrected chi connectivity index (χ0v) is 7.70. The Morgan fingerprint density at radius 1 is 1.31 bits per heavy atom. The minimum Gasteiger partial charge on any atom is -0.395 e. The summed E-state index contributed by atoms with van der Waals surface area (Å²) in [7, 11) is 1.85. The molecule has 0 bridgehead atoms. The van der Waals surface area contributed by atoms with Crippen LogP contribution in [0, 0.1) is 12.0 Å². The van der Waals surface area contributed by atoms with Gasteiger partial charge in [-0.05, 0) is 18.1 Å². The van der Waals surface area contributed by atoms with Gasteiger partial charge in [0.25, 0.3) is 0 Å². The number of aliphatic hydroxyl groups excluding tert-OH is 1. The Labute approximate surface area is 78.8 Å². The second-order valence-electron chi connectivity index (χ2n) is 2.75.